The molecular weight excluding hydrogens is 581 g/mol. The number of hydrogen-bond donors (Lipinski definition) is 1. The van der Waals surface area contributed by atoms with Gasteiger partial charge in [0.1, 0.15) is 34.1 Å². The normalized spacial score (nSPS) is 13.9. The topological polar surface area (TPSA) is 78.2 Å². The molecule has 4 aromatic rings. The fraction of sp³-hybridized carbons (Fsp3) is 0.0968. The van der Waals surface area contributed by atoms with Crippen molar-refractivity contribution in [2.75, 3.05) is 12.0 Å². The first-order valence-corrected chi connectivity index (χ1v) is 13.9. The zero-order valence-corrected chi connectivity index (χ0v) is 23.6. The molecular formula is C31H21F3N4O2S2. The van der Waals surface area contributed by atoms with Gasteiger partial charge < -0.3 is 10.1 Å². The van der Waals surface area contributed by atoms with E-state index in [1.54, 1.807) is 54.6 Å². The molecule has 42 heavy (non-hydrogen) atoms. The maximum absolute atomic E-state index is 13.8. The third-order valence-corrected chi connectivity index (χ3v) is 7.68. The summed E-state index contributed by atoms with van der Waals surface area (Å²) in [6.45, 7) is 0. The molecule has 2 heterocycles. The van der Waals surface area contributed by atoms with Crippen LogP contribution in [0.4, 0.5) is 18.9 Å². The van der Waals surface area contributed by atoms with Gasteiger partial charge in [-0.25, -0.2) is 18.2 Å². The number of carbonyl (C=O) groups excluding carboxylic acids is 1. The SMILES string of the molecule is COc1ccc(/C=C2/NC(=S)N(c3ccc(F)cc3)C2=O)cc1CSc1nc(C(F)F)cc(-c2ccccc2)c1C#N. The molecule has 0 saturated carbocycles. The van der Waals surface area contributed by atoms with Crippen molar-refractivity contribution in [2.45, 2.75) is 17.2 Å². The highest BCUT2D eigenvalue weighted by Gasteiger charge is 2.32. The second-order valence-corrected chi connectivity index (χ2v) is 10.4. The molecule has 0 radical (unpaired) electrons. The number of anilines is 1. The lowest BCUT2D eigenvalue weighted by Crippen LogP contribution is -2.30. The largest absolute Gasteiger partial charge is 0.496 e. The number of halogens is 3. The van der Waals surface area contributed by atoms with Crippen molar-refractivity contribution in [2.24, 2.45) is 0 Å². The van der Waals surface area contributed by atoms with Crippen LogP contribution < -0.4 is 15.0 Å². The van der Waals surface area contributed by atoms with Crippen LogP contribution in [-0.4, -0.2) is 23.1 Å². The van der Waals surface area contributed by atoms with Gasteiger partial charge in [0, 0.05) is 16.9 Å². The van der Waals surface area contributed by atoms with Crippen molar-refractivity contribution in [1.29, 1.82) is 5.26 Å². The van der Waals surface area contributed by atoms with Crippen LogP contribution >= 0.6 is 24.0 Å². The number of nitrogens with zero attached hydrogens (tertiary/aromatic N) is 3. The van der Waals surface area contributed by atoms with E-state index in [-0.39, 0.29) is 27.2 Å². The Labute approximate surface area is 249 Å². The zero-order chi connectivity index (χ0) is 29.8. The predicted octanol–water partition coefficient (Wildman–Crippen LogP) is 7.26. The molecule has 5 rings (SSSR count). The van der Waals surface area contributed by atoms with Crippen LogP contribution in [0, 0.1) is 17.1 Å². The first kappa shape index (κ1) is 28.9. The average Bonchev–Trinajstić information content (AvgIpc) is 3.28. The number of nitriles is 1. The third-order valence-electron chi connectivity index (χ3n) is 6.37. The van der Waals surface area contributed by atoms with Crippen LogP contribution in [0.15, 0.2) is 89.6 Å². The van der Waals surface area contributed by atoms with Crippen molar-refractivity contribution in [3.05, 3.63) is 113 Å². The summed E-state index contributed by atoms with van der Waals surface area (Å²) in [4.78, 5) is 18.5. The molecule has 0 unspecified atom stereocenters. The Bertz CT molecular complexity index is 1740. The van der Waals surface area contributed by atoms with E-state index in [9.17, 15) is 23.2 Å². The first-order chi connectivity index (χ1) is 20.3. The van der Waals surface area contributed by atoms with Crippen LogP contribution in [0.2, 0.25) is 0 Å². The van der Waals surface area contributed by atoms with Gasteiger partial charge in [0.2, 0.25) is 0 Å². The third kappa shape index (κ3) is 6.00. The smallest absolute Gasteiger partial charge is 0.281 e. The number of aromatic nitrogens is 1. The Morgan fingerprint density at radius 1 is 1.12 bits per heavy atom. The first-order valence-electron chi connectivity index (χ1n) is 12.5. The van der Waals surface area contributed by atoms with Gasteiger partial charge in [0.05, 0.1) is 18.4 Å². The molecule has 0 atom stereocenters. The number of methoxy groups -OCH3 is 1. The highest BCUT2D eigenvalue weighted by Crippen LogP contribution is 2.36. The van der Waals surface area contributed by atoms with Gasteiger partial charge in [0.25, 0.3) is 12.3 Å². The Hall–Kier alpha value is -4.66. The number of thiocarbonyl (C=S) groups is 1. The zero-order valence-electron chi connectivity index (χ0n) is 22.0. The second-order valence-electron chi connectivity index (χ2n) is 9.02. The summed E-state index contributed by atoms with van der Waals surface area (Å²) in [6.07, 6.45) is -1.20. The second kappa shape index (κ2) is 12.5. The van der Waals surface area contributed by atoms with E-state index in [0.29, 0.717) is 33.7 Å². The number of hydrogen-bond acceptors (Lipinski definition) is 6. The molecule has 0 spiro atoms. The van der Waals surface area contributed by atoms with Crippen molar-refractivity contribution in [3.8, 4) is 22.9 Å². The fourth-order valence-electron chi connectivity index (χ4n) is 4.38. The Morgan fingerprint density at radius 2 is 1.86 bits per heavy atom. The van der Waals surface area contributed by atoms with E-state index < -0.39 is 23.8 Å². The molecule has 1 aliphatic rings. The minimum absolute atomic E-state index is 0.158. The molecule has 6 nitrogen and oxygen atoms in total. The van der Waals surface area contributed by atoms with E-state index in [1.807, 2.05) is 0 Å². The number of nitrogens with one attached hydrogen (secondary N) is 1. The van der Waals surface area contributed by atoms with Gasteiger partial charge in [0.15, 0.2) is 5.11 Å². The Kier molecular flexibility index (Phi) is 8.56. The monoisotopic (exact) mass is 602 g/mol. The summed E-state index contributed by atoms with van der Waals surface area (Å²) in [6, 6.07) is 22.9. The van der Waals surface area contributed by atoms with Crippen LogP contribution in [0.3, 0.4) is 0 Å². The Morgan fingerprint density at radius 3 is 2.52 bits per heavy atom. The van der Waals surface area contributed by atoms with Crippen LogP contribution in [-0.2, 0) is 10.5 Å². The van der Waals surface area contributed by atoms with E-state index in [0.717, 1.165) is 11.8 Å². The van der Waals surface area contributed by atoms with E-state index in [2.05, 4.69) is 16.4 Å². The molecule has 1 aliphatic heterocycles. The van der Waals surface area contributed by atoms with E-state index >= 15 is 0 Å². The molecule has 0 aliphatic carbocycles. The molecule has 210 valence electrons. The number of amides is 1. The van der Waals surface area contributed by atoms with Crippen molar-refractivity contribution < 1.29 is 22.7 Å². The summed E-state index contributed by atoms with van der Waals surface area (Å²) in [5, 5.41) is 13.2. The summed E-state index contributed by atoms with van der Waals surface area (Å²) < 4.78 is 46.4. The van der Waals surface area contributed by atoms with Gasteiger partial charge in [-0.3, -0.25) is 9.69 Å². The standard InChI is InChI=1S/C31H21F3N4O2S2/c1-40-27-12-7-18(14-26-30(39)38(31(41)37-26)22-10-8-21(32)9-11-22)13-20(27)17-42-29-24(16-35)23(15-25(36-29)28(33)34)19-5-3-2-4-6-19/h2-15,28H,17H2,1H3,(H,37,41)/b26-14+. The lowest BCUT2D eigenvalue weighted by molar-refractivity contribution is -0.113. The maximum Gasteiger partial charge on any atom is 0.281 e. The molecule has 3 aromatic carbocycles. The minimum Gasteiger partial charge on any atom is -0.496 e. The molecule has 1 fully saturated rings. The predicted molar refractivity (Wildman–Crippen MR) is 159 cm³/mol. The number of alkyl halides is 2. The number of ether oxygens (including phenoxy) is 1. The van der Waals surface area contributed by atoms with Gasteiger partial charge in [-0.05, 0) is 71.9 Å². The molecule has 1 amide bonds. The van der Waals surface area contributed by atoms with Gasteiger partial charge in [-0.2, -0.15) is 5.26 Å². The van der Waals surface area contributed by atoms with Crippen LogP contribution in [0.1, 0.15) is 28.8 Å². The molecule has 11 heteroatoms. The molecule has 1 N–H and O–H groups in total. The van der Waals surface area contributed by atoms with Crippen molar-refractivity contribution in [3.63, 3.8) is 0 Å². The van der Waals surface area contributed by atoms with Gasteiger partial charge in [-0.1, -0.05) is 36.4 Å². The maximum atomic E-state index is 13.8. The van der Waals surface area contributed by atoms with E-state index in [4.69, 9.17) is 17.0 Å². The summed E-state index contributed by atoms with van der Waals surface area (Å²) in [5.41, 5.74) is 2.77. The number of pyridine rings is 1. The molecule has 0 bridgehead atoms. The lowest BCUT2D eigenvalue weighted by atomic mass is 10.0. The molecule has 1 saturated heterocycles. The minimum atomic E-state index is -2.82. The van der Waals surface area contributed by atoms with Crippen LogP contribution in [0.25, 0.3) is 17.2 Å². The summed E-state index contributed by atoms with van der Waals surface area (Å²) in [5.74, 6) is -0.0633. The number of thioether (sulfide) groups is 1. The van der Waals surface area contributed by atoms with Crippen molar-refractivity contribution in [1.82, 2.24) is 10.3 Å². The van der Waals surface area contributed by atoms with Gasteiger partial charge in [-0.15, -0.1) is 11.8 Å². The van der Waals surface area contributed by atoms with Gasteiger partial charge >= 0.3 is 0 Å². The van der Waals surface area contributed by atoms with Crippen LogP contribution in [0.5, 0.6) is 5.75 Å². The highest BCUT2D eigenvalue weighted by atomic mass is 32.2. The quantitative estimate of drug-likeness (QED) is 0.129. The number of rotatable bonds is 8. The molecule has 1 aromatic heterocycles. The fourth-order valence-corrected chi connectivity index (χ4v) is 5.67. The number of benzene rings is 3. The highest BCUT2D eigenvalue weighted by molar-refractivity contribution is 7.98. The summed E-state index contributed by atoms with van der Waals surface area (Å²) in [7, 11) is 1.51. The number of carbonyl (C=O) groups is 1. The van der Waals surface area contributed by atoms with Crippen molar-refractivity contribution >= 4 is 46.8 Å². The Balaban J connectivity index is 1.44. The lowest BCUT2D eigenvalue weighted by Gasteiger charge is -2.14. The average molecular weight is 603 g/mol. The summed E-state index contributed by atoms with van der Waals surface area (Å²) >= 11 is 6.47. The van der Waals surface area contributed by atoms with E-state index in [1.165, 1.54) is 42.3 Å².